The van der Waals surface area contributed by atoms with Gasteiger partial charge in [-0.25, -0.2) is 9.69 Å². The van der Waals surface area contributed by atoms with Gasteiger partial charge in [-0.15, -0.1) is 0 Å². The lowest BCUT2D eigenvalue weighted by atomic mass is 9.55. The van der Waals surface area contributed by atoms with E-state index in [9.17, 15) is 19.2 Å². The normalized spacial score (nSPS) is 21.6. The Kier molecular flexibility index (Phi) is 5.98. The van der Waals surface area contributed by atoms with Crippen molar-refractivity contribution in [2.24, 2.45) is 11.8 Å². The van der Waals surface area contributed by atoms with Crippen molar-refractivity contribution in [1.29, 1.82) is 0 Å². The van der Waals surface area contributed by atoms with Crippen LogP contribution in [0.5, 0.6) is 0 Å². The smallest absolute Gasteiger partial charge is 0.338 e. The molecule has 4 aromatic carbocycles. The number of rotatable bonds is 5. The van der Waals surface area contributed by atoms with Crippen molar-refractivity contribution in [2.45, 2.75) is 11.8 Å². The highest BCUT2D eigenvalue weighted by Gasteiger charge is 2.61. The van der Waals surface area contributed by atoms with Crippen molar-refractivity contribution < 1.29 is 23.9 Å². The molecule has 2 atom stereocenters. The second-order valence-electron chi connectivity index (χ2n) is 10.4. The van der Waals surface area contributed by atoms with Crippen molar-refractivity contribution >= 4 is 46.7 Å². The second kappa shape index (κ2) is 9.71. The van der Waals surface area contributed by atoms with Crippen molar-refractivity contribution in [3.63, 3.8) is 0 Å². The average molecular weight is 563 g/mol. The zero-order valence-corrected chi connectivity index (χ0v) is 22.4. The van der Waals surface area contributed by atoms with E-state index in [-0.39, 0.29) is 29.2 Å². The maximum absolute atomic E-state index is 14.0. The van der Waals surface area contributed by atoms with Gasteiger partial charge in [0.1, 0.15) is 0 Å². The van der Waals surface area contributed by atoms with Crippen molar-refractivity contribution in [2.75, 3.05) is 16.8 Å². The first kappa shape index (κ1) is 25.2. The number of benzene rings is 4. The van der Waals surface area contributed by atoms with E-state index in [1.165, 1.54) is 17.0 Å². The summed E-state index contributed by atoms with van der Waals surface area (Å²) in [4.78, 5) is 54.3. The third-order valence-corrected chi connectivity index (χ3v) is 8.60. The summed E-state index contributed by atoms with van der Waals surface area (Å²) < 4.78 is 5.21. The summed E-state index contributed by atoms with van der Waals surface area (Å²) in [5.41, 5.74) is 5.19. The summed E-state index contributed by atoms with van der Waals surface area (Å²) in [6, 6.07) is 29.0. The quantitative estimate of drug-likeness (QED) is 0.255. The van der Waals surface area contributed by atoms with E-state index in [1.54, 1.807) is 36.4 Å². The fourth-order valence-corrected chi connectivity index (χ4v) is 6.85. The van der Waals surface area contributed by atoms with Crippen LogP contribution < -0.4 is 10.2 Å². The first-order valence-electron chi connectivity index (χ1n) is 13.3. The zero-order chi connectivity index (χ0) is 28.2. The molecule has 4 aliphatic rings. The molecule has 7 nitrogen and oxygen atoms in total. The molecule has 4 aromatic rings. The number of amides is 3. The molecule has 0 unspecified atom stereocenters. The summed E-state index contributed by atoms with van der Waals surface area (Å²) in [6.45, 7) is -0.528. The number of anilines is 2. The third-order valence-electron chi connectivity index (χ3n) is 8.27. The van der Waals surface area contributed by atoms with Gasteiger partial charge in [0.15, 0.2) is 6.61 Å². The molecule has 8 rings (SSSR count). The molecule has 1 saturated heterocycles. The zero-order valence-electron chi connectivity index (χ0n) is 21.6. The highest BCUT2D eigenvalue weighted by atomic mass is 35.5. The van der Waals surface area contributed by atoms with Gasteiger partial charge in [-0.1, -0.05) is 78.3 Å². The molecule has 2 bridgehead atoms. The van der Waals surface area contributed by atoms with Gasteiger partial charge < -0.3 is 10.1 Å². The molecule has 3 aliphatic carbocycles. The maximum atomic E-state index is 14.0. The second-order valence-corrected chi connectivity index (χ2v) is 10.8. The van der Waals surface area contributed by atoms with Crippen LogP contribution in [0.2, 0.25) is 5.02 Å². The van der Waals surface area contributed by atoms with E-state index in [0.717, 1.165) is 22.3 Å². The Morgan fingerprint density at radius 2 is 1.27 bits per heavy atom. The van der Waals surface area contributed by atoms with E-state index in [2.05, 4.69) is 29.6 Å². The van der Waals surface area contributed by atoms with E-state index in [1.807, 2.05) is 24.3 Å². The van der Waals surface area contributed by atoms with Crippen LogP contribution in [0.15, 0.2) is 97.1 Å². The molecular formula is C33H23ClN2O5. The SMILES string of the molecule is O=C(COC(=O)c1cccc(N2C(=O)[C@@H]3C4c5ccccc5C(c5ccccc54)[C@H]3C2=O)c1)Nc1ccccc1Cl. The lowest BCUT2D eigenvalue weighted by molar-refractivity contribution is -0.122. The minimum Gasteiger partial charge on any atom is -0.452 e. The van der Waals surface area contributed by atoms with Crippen molar-refractivity contribution in [3.8, 4) is 0 Å². The van der Waals surface area contributed by atoms with Crippen LogP contribution in [-0.4, -0.2) is 30.3 Å². The minimum atomic E-state index is -0.752. The van der Waals surface area contributed by atoms with Gasteiger partial charge in [-0.3, -0.25) is 14.4 Å². The molecule has 1 N–H and O–H groups in total. The topological polar surface area (TPSA) is 92.8 Å². The fourth-order valence-electron chi connectivity index (χ4n) is 6.67. The van der Waals surface area contributed by atoms with Crippen LogP contribution >= 0.6 is 11.6 Å². The Hall–Kier alpha value is -4.75. The summed E-state index contributed by atoms with van der Waals surface area (Å²) in [5, 5.41) is 2.96. The predicted octanol–water partition coefficient (Wildman–Crippen LogP) is 5.53. The number of imide groups is 1. The lowest BCUT2D eigenvalue weighted by Gasteiger charge is -2.45. The molecule has 3 amide bonds. The molecule has 41 heavy (non-hydrogen) atoms. The molecule has 0 aromatic heterocycles. The van der Waals surface area contributed by atoms with Gasteiger partial charge >= 0.3 is 5.97 Å². The van der Waals surface area contributed by atoms with Crippen molar-refractivity contribution in [1.82, 2.24) is 0 Å². The van der Waals surface area contributed by atoms with Crippen LogP contribution in [-0.2, 0) is 19.1 Å². The number of carbonyl (C=O) groups excluding carboxylic acids is 4. The molecule has 8 heteroatoms. The summed E-state index contributed by atoms with van der Waals surface area (Å²) >= 11 is 6.07. The fraction of sp³-hybridized carbons (Fsp3) is 0.152. The highest BCUT2D eigenvalue weighted by Crippen LogP contribution is 2.61. The predicted molar refractivity (Wildman–Crippen MR) is 153 cm³/mol. The first-order chi connectivity index (χ1) is 19.9. The van der Waals surface area contributed by atoms with E-state index in [0.29, 0.717) is 16.4 Å². The van der Waals surface area contributed by atoms with Gasteiger partial charge in [-0.2, -0.15) is 0 Å². The average Bonchev–Trinajstić information content (AvgIpc) is 3.27. The summed E-state index contributed by atoms with van der Waals surface area (Å²) in [7, 11) is 0. The standard InChI is InChI=1S/C33H23ClN2O5/c34-24-14-5-6-15-25(24)35-26(37)17-41-33(40)18-8-7-9-19(16-18)36-31(38)29-27-20-10-1-2-11-21(20)28(30(29)32(36)39)23-13-4-3-12-22(23)27/h1-16,27-30H,17H2,(H,35,37)/t27?,28?,29-,30-/m1/s1. The summed E-state index contributed by atoms with van der Waals surface area (Å²) in [6.07, 6.45) is 0. The number of esters is 1. The number of para-hydroxylation sites is 1. The Morgan fingerprint density at radius 3 is 1.83 bits per heavy atom. The monoisotopic (exact) mass is 562 g/mol. The third kappa shape index (κ3) is 3.96. The first-order valence-corrected chi connectivity index (χ1v) is 13.7. The Labute approximate surface area is 240 Å². The van der Waals surface area contributed by atoms with E-state index < -0.39 is 30.3 Å². The van der Waals surface area contributed by atoms with Gasteiger partial charge in [0.05, 0.1) is 33.8 Å². The molecule has 1 fully saturated rings. The number of nitrogens with one attached hydrogen (secondary N) is 1. The van der Waals surface area contributed by atoms with Gasteiger partial charge in [0.2, 0.25) is 11.8 Å². The van der Waals surface area contributed by atoms with Gasteiger partial charge in [0.25, 0.3) is 5.91 Å². The largest absolute Gasteiger partial charge is 0.452 e. The van der Waals surface area contributed by atoms with Crippen LogP contribution in [0.25, 0.3) is 0 Å². The van der Waals surface area contributed by atoms with Crippen molar-refractivity contribution in [3.05, 3.63) is 130 Å². The maximum Gasteiger partial charge on any atom is 0.338 e. The molecule has 0 saturated carbocycles. The Morgan fingerprint density at radius 1 is 0.732 bits per heavy atom. The summed E-state index contributed by atoms with van der Waals surface area (Å²) in [5.74, 6) is -3.34. The molecule has 202 valence electrons. The van der Waals surface area contributed by atoms with Crippen LogP contribution in [0.4, 0.5) is 11.4 Å². The molecular weight excluding hydrogens is 540 g/mol. The number of carbonyl (C=O) groups is 4. The number of ether oxygens (including phenoxy) is 1. The molecule has 0 radical (unpaired) electrons. The molecule has 1 heterocycles. The van der Waals surface area contributed by atoms with Gasteiger partial charge in [-0.05, 0) is 52.6 Å². The van der Waals surface area contributed by atoms with E-state index in [4.69, 9.17) is 16.3 Å². The van der Waals surface area contributed by atoms with E-state index >= 15 is 0 Å². The van der Waals surface area contributed by atoms with Crippen LogP contribution in [0.3, 0.4) is 0 Å². The number of hydrogen-bond acceptors (Lipinski definition) is 5. The van der Waals surface area contributed by atoms with Crippen LogP contribution in [0, 0.1) is 11.8 Å². The Bertz CT molecular complexity index is 1650. The number of hydrogen-bond donors (Lipinski definition) is 1. The van der Waals surface area contributed by atoms with Crippen LogP contribution in [0.1, 0.15) is 44.4 Å². The van der Waals surface area contributed by atoms with Gasteiger partial charge in [0, 0.05) is 11.8 Å². The number of halogens is 1. The highest BCUT2D eigenvalue weighted by molar-refractivity contribution is 6.33. The minimum absolute atomic E-state index is 0.123. The lowest BCUT2D eigenvalue weighted by Crippen LogP contribution is -2.41. The molecule has 1 aliphatic heterocycles. The number of nitrogens with zero attached hydrogens (tertiary/aromatic N) is 1. The Balaban J connectivity index is 1.14. The molecule has 0 spiro atoms.